The summed E-state index contributed by atoms with van der Waals surface area (Å²) in [6.07, 6.45) is 11.3. The van der Waals surface area contributed by atoms with Crippen molar-refractivity contribution in [1.82, 2.24) is 4.90 Å². The predicted octanol–water partition coefficient (Wildman–Crippen LogP) is 2.65. The minimum Gasteiger partial charge on any atom is -0.462 e. The third-order valence-electron chi connectivity index (χ3n) is 4.53. The van der Waals surface area contributed by atoms with Crippen molar-refractivity contribution in [3.05, 3.63) is 0 Å². The van der Waals surface area contributed by atoms with Crippen LogP contribution in [0.1, 0.15) is 64.2 Å². The van der Waals surface area contributed by atoms with Crippen LogP contribution in [0.15, 0.2) is 0 Å². The maximum Gasteiger partial charge on any atom is 0.396 e. The molecule has 0 aromatic carbocycles. The van der Waals surface area contributed by atoms with E-state index in [4.69, 9.17) is 0 Å². The molecule has 0 spiro atoms. The summed E-state index contributed by atoms with van der Waals surface area (Å²) in [5.41, 5.74) is 0. The fourth-order valence-corrected chi connectivity index (χ4v) is 3.54. The SMILES string of the molecule is COC(=O)C(=O)N(C1CCCCC1)C1CCCCC1. The minimum atomic E-state index is -0.698. The summed E-state index contributed by atoms with van der Waals surface area (Å²) in [6, 6.07) is 0.506. The molecule has 4 heteroatoms. The molecule has 0 heterocycles. The van der Waals surface area contributed by atoms with Crippen LogP contribution in [0.25, 0.3) is 0 Å². The third-order valence-corrected chi connectivity index (χ3v) is 4.53. The third kappa shape index (κ3) is 3.48. The monoisotopic (exact) mass is 267 g/mol. The summed E-state index contributed by atoms with van der Waals surface area (Å²) in [5.74, 6) is -1.11. The van der Waals surface area contributed by atoms with Gasteiger partial charge < -0.3 is 9.64 Å². The van der Waals surface area contributed by atoms with Crippen molar-refractivity contribution in [2.45, 2.75) is 76.3 Å². The van der Waals surface area contributed by atoms with Gasteiger partial charge in [-0.05, 0) is 25.7 Å². The molecule has 19 heavy (non-hydrogen) atoms. The lowest BCUT2D eigenvalue weighted by atomic mass is 9.88. The Morgan fingerprint density at radius 3 is 1.63 bits per heavy atom. The summed E-state index contributed by atoms with van der Waals surface area (Å²) < 4.78 is 4.64. The molecule has 2 aliphatic carbocycles. The summed E-state index contributed by atoms with van der Waals surface area (Å²) >= 11 is 0. The molecule has 2 aliphatic rings. The Balaban J connectivity index is 2.10. The maximum atomic E-state index is 12.3. The van der Waals surface area contributed by atoms with Gasteiger partial charge in [-0.15, -0.1) is 0 Å². The van der Waals surface area contributed by atoms with E-state index in [2.05, 4.69) is 4.74 Å². The Labute approximate surface area is 115 Å². The second-order valence-corrected chi connectivity index (χ2v) is 5.79. The molecule has 2 fully saturated rings. The van der Waals surface area contributed by atoms with Gasteiger partial charge in [0.15, 0.2) is 0 Å². The molecular formula is C15H25NO3. The number of rotatable bonds is 2. The van der Waals surface area contributed by atoms with Gasteiger partial charge in [0.25, 0.3) is 0 Å². The Hall–Kier alpha value is -1.06. The van der Waals surface area contributed by atoms with E-state index in [1.807, 2.05) is 4.90 Å². The number of esters is 1. The number of carbonyl (C=O) groups excluding carboxylic acids is 2. The molecule has 0 aromatic rings. The molecular weight excluding hydrogens is 242 g/mol. The molecule has 0 N–H and O–H groups in total. The highest BCUT2D eigenvalue weighted by Gasteiger charge is 2.35. The van der Waals surface area contributed by atoms with Gasteiger partial charge in [-0.25, -0.2) is 4.79 Å². The van der Waals surface area contributed by atoms with Crippen LogP contribution in [0, 0.1) is 0 Å². The zero-order chi connectivity index (χ0) is 13.7. The quantitative estimate of drug-likeness (QED) is 0.571. The number of nitrogens with zero attached hydrogens (tertiary/aromatic N) is 1. The molecule has 0 radical (unpaired) electrons. The second-order valence-electron chi connectivity index (χ2n) is 5.79. The highest BCUT2D eigenvalue weighted by Crippen LogP contribution is 2.30. The van der Waals surface area contributed by atoms with E-state index in [9.17, 15) is 9.59 Å². The average molecular weight is 267 g/mol. The average Bonchev–Trinajstić information content (AvgIpc) is 2.49. The zero-order valence-electron chi connectivity index (χ0n) is 11.9. The summed E-state index contributed by atoms with van der Waals surface area (Å²) in [4.78, 5) is 25.8. The lowest BCUT2D eigenvalue weighted by Crippen LogP contribution is -2.51. The smallest absolute Gasteiger partial charge is 0.396 e. The van der Waals surface area contributed by atoms with Gasteiger partial charge in [0.05, 0.1) is 7.11 Å². The Morgan fingerprint density at radius 2 is 1.26 bits per heavy atom. The molecule has 0 bridgehead atoms. The lowest BCUT2D eigenvalue weighted by molar-refractivity contribution is -0.162. The zero-order valence-corrected chi connectivity index (χ0v) is 11.9. The molecule has 4 nitrogen and oxygen atoms in total. The number of ether oxygens (including phenoxy) is 1. The Bertz CT molecular complexity index is 299. The van der Waals surface area contributed by atoms with Crippen molar-refractivity contribution in [3.8, 4) is 0 Å². The number of hydrogen-bond donors (Lipinski definition) is 0. The molecule has 0 atom stereocenters. The Kier molecular flexibility index (Phi) is 5.23. The largest absolute Gasteiger partial charge is 0.462 e. The Morgan fingerprint density at radius 1 is 0.842 bits per heavy atom. The van der Waals surface area contributed by atoms with E-state index in [0.717, 1.165) is 25.7 Å². The van der Waals surface area contributed by atoms with Crippen LogP contribution in [0.5, 0.6) is 0 Å². The number of methoxy groups -OCH3 is 1. The first-order valence-electron chi connectivity index (χ1n) is 7.64. The van der Waals surface area contributed by atoms with Gasteiger partial charge in [0.2, 0.25) is 0 Å². The van der Waals surface area contributed by atoms with E-state index in [1.165, 1.54) is 45.6 Å². The first kappa shape index (κ1) is 14.4. The van der Waals surface area contributed by atoms with Gasteiger partial charge in [0, 0.05) is 12.1 Å². The number of hydrogen-bond acceptors (Lipinski definition) is 3. The topological polar surface area (TPSA) is 46.6 Å². The van der Waals surface area contributed by atoms with E-state index in [1.54, 1.807) is 0 Å². The van der Waals surface area contributed by atoms with Crippen molar-refractivity contribution in [3.63, 3.8) is 0 Å². The number of carbonyl (C=O) groups is 2. The summed E-state index contributed by atoms with van der Waals surface area (Å²) in [6.45, 7) is 0. The van der Waals surface area contributed by atoms with Crippen LogP contribution < -0.4 is 0 Å². The van der Waals surface area contributed by atoms with E-state index >= 15 is 0 Å². The minimum absolute atomic E-state index is 0.253. The van der Waals surface area contributed by atoms with Crippen LogP contribution in [0.3, 0.4) is 0 Å². The van der Waals surface area contributed by atoms with E-state index < -0.39 is 11.9 Å². The first-order chi connectivity index (χ1) is 9.24. The summed E-state index contributed by atoms with van der Waals surface area (Å²) in [7, 11) is 1.29. The van der Waals surface area contributed by atoms with E-state index in [0.29, 0.717) is 0 Å². The standard InChI is InChI=1S/C15H25NO3/c1-19-15(18)14(17)16(12-8-4-2-5-9-12)13-10-6-3-7-11-13/h12-13H,2-11H2,1H3. The van der Waals surface area contributed by atoms with Gasteiger partial charge >= 0.3 is 11.9 Å². The summed E-state index contributed by atoms with van der Waals surface area (Å²) in [5, 5.41) is 0. The molecule has 0 unspecified atom stereocenters. The normalized spacial score (nSPS) is 21.9. The molecule has 2 rings (SSSR count). The maximum absolute atomic E-state index is 12.3. The predicted molar refractivity (Wildman–Crippen MR) is 72.6 cm³/mol. The fraction of sp³-hybridized carbons (Fsp3) is 0.867. The highest BCUT2D eigenvalue weighted by atomic mass is 16.5. The van der Waals surface area contributed by atoms with Crippen LogP contribution >= 0.6 is 0 Å². The second kappa shape index (κ2) is 6.92. The highest BCUT2D eigenvalue weighted by molar-refractivity contribution is 6.32. The van der Waals surface area contributed by atoms with Crippen LogP contribution in [-0.2, 0) is 14.3 Å². The lowest BCUT2D eigenvalue weighted by Gasteiger charge is -2.41. The van der Waals surface area contributed by atoms with Crippen molar-refractivity contribution in [1.29, 1.82) is 0 Å². The van der Waals surface area contributed by atoms with Crippen molar-refractivity contribution in [2.75, 3.05) is 7.11 Å². The molecule has 0 saturated heterocycles. The first-order valence-corrected chi connectivity index (χ1v) is 7.64. The van der Waals surface area contributed by atoms with Gasteiger partial charge in [-0.3, -0.25) is 4.79 Å². The van der Waals surface area contributed by atoms with Gasteiger partial charge in [0.1, 0.15) is 0 Å². The molecule has 1 amide bonds. The van der Waals surface area contributed by atoms with E-state index in [-0.39, 0.29) is 12.1 Å². The molecule has 0 aliphatic heterocycles. The van der Waals surface area contributed by atoms with Crippen molar-refractivity contribution < 1.29 is 14.3 Å². The molecule has 2 saturated carbocycles. The molecule has 108 valence electrons. The van der Waals surface area contributed by atoms with Crippen molar-refractivity contribution in [2.24, 2.45) is 0 Å². The van der Waals surface area contributed by atoms with Crippen LogP contribution in [-0.4, -0.2) is 36.0 Å². The van der Waals surface area contributed by atoms with Crippen molar-refractivity contribution >= 4 is 11.9 Å². The van der Waals surface area contributed by atoms with Gasteiger partial charge in [-0.2, -0.15) is 0 Å². The fourth-order valence-electron chi connectivity index (χ4n) is 3.54. The van der Waals surface area contributed by atoms with Crippen LogP contribution in [0.2, 0.25) is 0 Å². The molecule has 0 aromatic heterocycles. The number of amides is 1. The van der Waals surface area contributed by atoms with Gasteiger partial charge in [-0.1, -0.05) is 38.5 Å². The van der Waals surface area contributed by atoms with Crippen LogP contribution in [0.4, 0.5) is 0 Å².